The van der Waals surface area contributed by atoms with Crippen LogP contribution in [0.3, 0.4) is 0 Å². The number of rotatable bonds is 0. The van der Waals surface area contributed by atoms with Gasteiger partial charge in [-0.25, -0.2) is 12.1 Å². The minimum Gasteiger partial charge on any atom is -0.214 e. The molecule has 0 N–H and O–H groups in total. The van der Waals surface area contributed by atoms with E-state index >= 15 is 0 Å². The molecular weight excluding hydrogens is 323 g/mol. The van der Waals surface area contributed by atoms with Crippen LogP contribution in [-0.2, 0) is 15.3 Å². The van der Waals surface area contributed by atoms with E-state index in [-0.39, 0.29) is 0 Å². The van der Waals surface area contributed by atoms with Crippen molar-refractivity contribution in [2.45, 2.75) is 13.8 Å². The molecule has 0 aromatic heterocycles. The van der Waals surface area contributed by atoms with Crippen LogP contribution >= 0.6 is 18.6 Å². The third kappa shape index (κ3) is 7.21. The molecule has 3 heteroatoms. The number of hydrogen-bond donors (Lipinski definition) is 0. The van der Waals surface area contributed by atoms with E-state index in [4.69, 9.17) is 18.6 Å². The monoisotopic (exact) mass is 340 g/mol. The molecule has 0 aliphatic carbocycles. The van der Waals surface area contributed by atoms with E-state index in [9.17, 15) is 0 Å². The molecule has 0 aliphatic rings. The van der Waals surface area contributed by atoms with Gasteiger partial charge in [0.05, 0.1) is 0 Å². The molecule has 0 heterocycles. The Morgan fingerprint density at radius 3 is 1.95 bits per heavy atom. The van der Waals surface area contributed by atoms with Gasteiger partial charge in [-0.1, -0.05) is 6.07 Å². The van der Waals surface area contributed by atoms with E-state index in [1.165, 1.54) is 14.6 Å². The van der Waals surface area contributed by atoms with Gasteiger partial charge >= 0.3 is 51.6 Å². The summed E-state index contributed by atoms with van der Waals surface area (Å²) in [4.78, 5) is 0. The summed E-state index contributed by atoms with van der Waals surface area (Å²) < 4.78 is 1.21. The second-order valence-electron chi connectivity index (χ2n) is 4.38. The van der Waals surface area contributed by atoms with E-state index in [1.54, 1.807) is 0 Å². The largest absolute Gasteiger partial charge is 0.214 e. The Hall–Kier alpha value is -0.656. The van der Waals surface area contributed by atoms with Gasteiger partial charge in [0.1, 0.15) is 0 Å². The maximum Gasteiger partial charge on any atom is -0.0809 e. The molecule has 20 heavy (non-hydrogen) atoms. The summed E-state index contributed by atoms with van der Waals surface area (Å²) in [6.45, 7) is 3.94. The Morgan fingerprint density at radius 1 is 0.900 bits per heavy atom. The molecule has 3 aromatic rings. The van der Waals surface area contributed by atoms with Gasteiger partial charge in [-0.05, 0) is 0 Å². The normalized spacial score (nSPS) is 9.00. The van der Waals surface area contributed by atoms with Crippen molar-refractivity contribution in [1.82, 2.24) is 0 Å². The smallest absolute Gasteiger partial charge is 0.0809 e. The van der Waals surface area contributed by atoms with E-state index in [0.29, 0.717) is 0 Å². The summed E-state index contributed by atoms with van der Waals surface area (Å²) in [6.07, 6.45) is 0. The molecule has 0 spiro atoms. The Kier molecular flexibility index (Phi) is 8.81. The molecule has 0 radical (unpaired) electrons. The van der Waals surface area contributed by atoms with Crippen molar-refractivity contribution >= 4 is 33.2 Å². The predicted molar refractivity (Wildman–Crippen MR) is 89.6 cm³/mol. The van der Waals surface area contributed by atoms with Crippen LogP contribution in [0.2, 0.25) is 0 Å². The van der Waals surface area contributed by atoms with Crippen molar-refractivity contribution in [3.05, 3.63) is 72.8 Å². The third-order valence-electron chi connectivity index (χ3n) is 2.48. The molecule has 0 atom stereocenters. The molecule has 106 valence electrons. The average Bonchev–Trinajstić information content (AvgIpc) is 3.14. The fourth-order valence-electron chi connectivity index (χ4n) is 1.39. The summed E-state index contributed by atoms with van der Waals surface area (Å²) in [5.74, 6) is 0. The Bertz CT molecular complexity index is 556. The number of benzene rings is 1. The molecule has 0 saturated heterocycles. The van der Waals surface area contributed by atoms with Crippen LogP contribution in [0.25, 0.3) is 10.8 Å². The van der Waals surface area contributed by atoms with Crippen LogP contribution in [0.4, 0.5) is 0 Å². The zero-order chi connectivity index (χ0) is 14.8. The van der Waals surface area contributed by atoms with Crippen molar-refractivity contribution in [3.63, 3.8) is 0 Å². The Labute approximate surface area is 134 Å². The first kappa shape index (κ1) is 17.4. The van der Waals surface area contributed by atoms with E-state index in [2.05, 4.69) is 42.5 Å². The van der Waals surface area contributed by atoms with E-state index in [1.807, 2.05) is 44.2 Å². The molecule has 0 bridgehead atoms. The molecular formula is C17H18Cl2Ti-2. The maximum atomic E-state index is 5.51. The second kappa shape index (κ2) is 10.1. The zero-order valence-electron chi connectivity index (χ0n) is 11.7. The molecule has 0 unspecified atom stereocenters. The van der Waals surface area contributed by atoms with Crippen LogP contribution in [0.5, 0.6) is 0 Å². The predicted octanol–water partition coefficient (Wildman–Crippen LogP) is 6.09. The molecule has 3 aromatic carbocycles. The number of hydrogen-bond acceptors (Lipinski definition) is 0. The maximum absolute atomic E-state index is 5.51. The van der Waals surface area contributed by atoms with Crippen molar-refractivity contribution in [2.75, 3.05) is 0 Å². The third-order valence-corrected chi connectivity index (χ3v) is 6.78. The topological polar surface area (TPSA) is 0 Å². The SMILES string of the molecule is C[C](C)=[Ti]([Cl])[Cl].c1cc[cH-]c1.c1ccc2[cH-]ccc2c1. The fourth-order valence-corrected chi connectivity index (χ4v) is 1.39. The van der Waals surface area contributed by atoms with Gasteiger partial charge < -0.3 is 0 Å². The minimum atomic E-state index is -1.60. The van der Waals surface area contributed by atoms with Crippen LogP contribution < -0.4 is 0 Å². The Balaban J connectivity index is 0.000000160. The number of fused-ring (bicyclic) bond motifs is 1. The molecule has 0 aliphatic heterocycles. The van der Waals surface area contributed by atoms with Crippen molar-refractivity contribution in [1.29, 1.82) is 0 Å². The summed E-state index contributed by atoms with van der Waals surface area (Å²) in [5, 5.41) is 2.66. The van der Waals surface area contributed by atoms with E-state index < -0.39 is 15.3 Å². The van der Waals surface area contributed by atoms with Gasteiger partial charge in [0.15, 0.2) is 0 Å². The van der Waals surface area contributed by atoms with Crippen LogP contribution in [0.15, 0.2) is 72.8 Å². The molecule has 0 amide bonds. The summed E-state index contributed by atoms with van der Waals surface area (Å²) in [5.41, 5.74) is 0. The van der Waals surface area contributed by atoms with Crippen LogP contribution in [-0.4, -0.2) is 3.81 Å². The Morgan fingerprint density at radius 2 is 1.50 bits per heavy atom. The molecule has 0 saturated carbocycles. The van der Waals surface area contributed by atoms with Crippen molar-refractivity contribution in [2.24, 2.45) is 0 Å². The quantitative estimate of drug-likeness (QED) is 0.343. The van der Waals surface area contributed by atoms with Gasteiger partial charge in [0.25, 0.3) is 0 Å². The van der Waals surface area contributed by atoms with Crippen LogP contribution in [0.1, 0.15) is 13.8 Å². The second-order valence-corrected chi connectivity index (χ2v) is 10.7. The van der Waals surface area contributed by atoms with Crippen molar-refractivity contribution in [3.8, 4) is 0 Å². The van der Waals surface area contributed by atoms with E-state index in [0.717, 1.165) is 0 Å². The standard InChI is InChI=1S/C9H7.C5H5.C3H6.2ClH.Ti/c1-2-5-9-7-3-6-8(9)4-1;1-2-4-5-3-1;1-3-2;;;/h1-7H;1-5H;1-2H3;2*1H;/q2*-1;;;;+2/p-2. The minimum absolute atomic E-state index is 1.21. The number of halogens is 2. The first-order valence-electron chi connectivity index (χ1n) is 6.37. The molecule has 0 fully saturated rings. The summed E-state index contributed by atoms with van der Waals surface area (Å²) >= 11 is -1.60. The zero-order valence-corrected chi connectivity index (χ0v) is 14.8. The fraction of sp³-hybridized carbons (Fsp3) is 0.118. The van der Waals surface area contributed by atoms with Gasteiger partial charge in [-0.3, -0.25) is 0 Å². The summed E-state index contributed by atoms with van der Waals surface area (Å²) in [7, 11) is 11.0. The first-order valence-corrected chi connectivity index (χ1v) is 11.4. The molecule has 3 rings (SSSR count). The first-order chi connectivity index (χ1) is 9.61. The van der Waals surface area contributed by atoms with Crippen molar-refractivity contribution < 1.29 is 15.3 Å². The average molecular weight is 341 g/mol. The van der Waals surface area contributed by atoms with Gasteiger partial charge in [-0.2, -0.15) is 35.7 Å². The van der Waals surface area contributed by atoms with Gasteiger partial charge in [0, 0.05) is 0 Å². The molecule has 0 nitrogen and oxygen atoms in total. The van der Waals surface area contributed by atoms with Crippen LogP contribution in [0, 0.1) is 0 Å². The van der Waals surface area contributed by atoms with Gasteiger partial charge in [0.2, 0.25) is 0 Å². The summed E-state index contributed by atoms with van der Waals surface area (Å²) in [6, 6.07) is 24.7. The van der Waals surface area contributed by atoms with Gasteiger partial charge in [-0.15, -0.1) is 29.7 Å².